The lowest BCUT2D eigenvalue weighted by Gasteiger charge is -2.37. The molecule has 3 heteroatoms. The number of benzene rings is 2. The first-order chi connectivity index (χ1) is 10.1. The number of halogens is 1. The van der Waals surface area contributed by atoms with Crippen molar-refractivity contribution in [3.63, 3.8) is 0 Å². The Kier molecular flexibility index (Phi) is 4.20. The lowest BCUT2D eigenvalue weighted by Crippen LogP contribution is -2.34. The average Bonchev–Trinajstić information content (AvgIpc) is 2.44. The lowest BCUT2D eigenvalue weighted by molar-refractivity contribution is 0.373. The SMILES string of the molecule is CN(C)c1cccc(NC2CC(c3ccccc3Br)C2)c1. The van der Waals surface area contributed by atoms with Gasteiger partial charge in [-0.3, -0.25) is 0 Å². The normalized spacial score (nSPS) is 20.7. The molecule has 1 N–H and O–H groups in total. The monoisotopic (exact) mass is 344 g/mol. The van der Waals surface area contributed by atoms with Gasteiger partial charge in [-0.05, 0) is 48.6 Å². The summed E-state index contributed by atoms with van der Waals surface area (Å²) in [4.78, 5) is 2.13. The molecule has 0 radical (unpaired) electrons. The number of anilines is 2. The number of nitrogens with zero attached hydrogens (tertiary/aromatic N) is 1. The van der Waals surface area contributed by atoms with Crippen LogP contribution in [0.5, 0.6) is 0 Å². The Hall–Kier alpha value is -1.48. The second kappa shape index (κ2) is 6.10. The van der Waals surface area contributed by atoms with Crippen LogP contribution >= 0.6 is 15.9 Å². The Morgan fingerprint density at radius 2 is 1.81 bits per heavy atom. The molecule has 0 aromatic heterocycles. The molecular formula is C18H21BrN2. The van der Waals surface area contributed by atoms with Crippen molar-refractivity contribution in [1.29, 1.82) is 0 Å². The van der Waals surface area contributed by atoms with E-state index in [2.05, 4.69) is 88.8 Å². The average molecular weight is 345 g/mol. The van der Waals surface area contributed by atoms with Crippen LogP contribution in [0.15, 0.2) is 53.0 Å². The second-order valence-electron chi connectivity index (χ2n) is 5.98. The van der Waals surface area contributed by atoms with E-state index in [1.165, 1.54) is 34.3 Å². The van der Waals surface area contributed by atoms with Crippen molar-refractivity contribution in [2.75, 3.05) is 24.3 Å². The van der Waals surface area contributed by atoms with Gasteiger partial charge in [0.25, 0.3) is 0 Å². The van der Waals surface area contributed by atoms with Gasteiger partial charge in [-0.2, -0.15) is 0 Å². The summed E-state index contributed by atoms with van der Waals surface area (Å²) in [5.41, 5.74) is 3.90. The van der Waals surface area contributed by atoms with E-state index in [-0.39, 0.29) is 0 Å². The molecule has 0 atom stereocenters. The third-order valence-electron chi connectivity index (χ3n) is 4.22. The van der Waals surface area contributed by atoms with Gasteiger partial charge >= 0.3 is 0 Å². The molecule has 0 aliphatic heterocycles. The van der Waals surface area contributed by atoms with Gasteiger partial charge < -0.3 is 10.2 Å². The van der Waals surface area contributed by atoms with Crippen molar-refractivity contribution in [1.82, 2.24) is 0 Å². The van der Waals surface area contributed by atoms with Crippen LogP contribution in [-0.4, -0.2) is 20.1 Å². The molecule has 2 aromatic rings. The summed E-state index contributed by atoms with van der Waals surface area (Å²) in [6.07, 6.45) is 2.41. The van der Waals surface area contributed by atoms with Crippen LogP contribution in [0.4, 0.5) is 11.4 Å². The molecule has 0 spiro atoms. The van der Waals surface area contributed by atoms with E-state index in [0.29, 0.717) is 12.0 Å². The summed E-state index contributed by atoms with van der Waals surface area (Å²) in [6, 6.07) is 17.8. The molecule has 0 unspecified atom stereocenters. The second-order valence-corrected chi connectivity index (χ2v) is 6.83. The topological polar surface area (TPSA) is 15.3 Å². The number of rotatable bonds is 4. The van der Waals surface area contributed by atoms with Crippen molar-refractivity contribution in [2.45, 2.75) is 24.8 Å². The maximum Gasteiger partial charge on any atom is 0.0381 e. The van der Waals surface area contributed by atoms with Gasteiger partial charge in [0.05, 0.1) is 0 Å². The predicted octanol–water partition coefficient (Wildman–Crippen LogP) is 4.87. The molecule has 21 heavy (non-hydrogen) atoms. The van der Waals surface area contributed by atoms with Crippen LogP contribution in [-0.2, 0) is 0 Å². The van der Waals surface area contributed by atoms with E-state index >= 15 is 0 Å². The summed E-state index contributed by atoms with van der Waals surface area (Å²) < 4.78 is 1.24. The Bertz CT molecular complexity index is 618. The third-order valence-corrected chi connectivity index (χ3v) is 4.94. The minimum atomic E-state index is 0.583. The first kappa shape index (κ1) is 14.5. The number of nitrogens with one attached hydrogen (secondary N) is 1. The van der Waals surface area contributed by atoms with E-state index in [9.17, 15) is 0 Å². The maximum absolute atomic E-state index is 3.66. The minimum absolute atomic E-state index is 0.583. The highest BCUT2D eigenvalue weighted by molar-refractivity contribution is 9.10. The van der Waals surface area contributed by atoms with E-state index in [1.54, 1.807) is 0 Å². The fourth-order valence-electron chi connectivity index (χ4n) is 2.91. The molecule has 1 aliphatic carbocycles. The van der Waals surface area contributed by atoms with Gasteiger partial charge in [-0.1, -0.05) is 40.2 Å². The van der Waals surface area contributed by atoms with Crippen LogP contribution in [0.25, 0.3) is 0 Å². The summed E-state index contributed by atoms with van der Waals surface area (Å²) in [5.74, 6) is 0.676. The molecule has 0 heterocycles. The zero-order valence-electron chi connectivity index (χ0n) is 12.5. The Morgan fingerprint density at radius 3 is 2.52 bits per heavy atom. The van der Waals surface area contributed by atoms with Gasteiger partial charge in [-0.15, -0.1) is 0 Å². The summed E-state index contributed by atoms with van der Waals surface area (Å²) in [6.45, 7) is 0. The number of hydrogen-bond donors (Lipinski definition) is 1. The zero-order chi connectivity index (χ0) is 14.8. The van der Waals surface area contributed by atoms with Crippen molar-refractivity contribution < 1.29 is 0 Å². The van der Waals surface area contributed by atoms with Crippen LogP contribution in [0.2, 0.25) is 0 Å². The Labute approximate surface area is 135 Å². The molecule has 110 valence electrons. The van der Waals surface area contributed by atoms with Crippen LogP contribution in [0.1, 0.15) is 24.3 Å². The molecule has 1 aliphatic rings. The molecule has 1 fully saturated rings. The van der Waals surface area contributed by atoms with Crippen molar-refractivity contribution in [3.05, 3.63) is 58.6 Å². The smallest absolute Gasteiger partial charge is 0.0381 e. The van der Waals surface area contributed by atoms with Crippen molar-refractivity contribution >= 4 is 27.3 Å². The van der Waals surface area contributed by atoms with E-state index in [4.69, 9.17) is 0 Å². The lowest BCUT2D eigenvalue weighted by atomic mass is 9.76. The third kappa shape index (κ3) is 3.24. The maximum atomic E-state index is 3.66. The van der Waals surface area contributed by atoms with Gasteiger partial charge in [0.2, 0.25) is 0 Å². The summed E-state index contributed by atoms with van der Waals surface area (Å²) in [5, 5.41) is 3.65. The predicted molar refractivity (Wildman–Crippen MR) is 94.3 cm³/mol. The summed E-state index contributed by atoms with van der Waals surface area (Å²) >= 11 is 3.66. The highest BCUT2D eigenvalue weighted by Crippen LogP contribution is 2.41. The Balaban J connectivity index is 1.60. The van der Waals surface area contributed by atoms with Gasteiger partial charge in [-0.25, -0.2) is 0 Å². The molecular weight excluding hydrogens is 324 g/mol. The van der Waals surface area contributed by atoms with Gasteiger partial charge in [0.15, 0.2) is 0 Å². The number of hydrogen-bond acceptors (Lipinski definition) is 2. The first-order valence-corrected chi connectivity index (χ1v) is 8.21. The van der Waals surface area contributed by atoms with Gasteiger partial charge in [0.1, 0.15) is 0 Å². The molecule has 0 saturated heterocycles. The molecule has 2 nitrogen and oxygen atoms in total. The fraction of sp³-hybridized carbons (Fsp3) is 0.333. The molecule has 3 rings (SSSR count). The minimum Gasteiger partial charge on any atom is -0.382 e. The molecule has 2 aromatic carbocycles. The van der Waals surface area contributed by atoms with E-state index in [1.807, 2.05) is 0 Å². The largest absolute Gasteiger partial charge is 0.382 e. The quantitative estimate of drug-likeness (QED) is 0.850. The standard InChI is InChI=1S/C18H21BrN2/c1-21(2)16-7-5-6-14(12-16)20-15-10-13(11-15)17-8-3-4-9-18(17)19/h3-9,12-13,15,20H,10-11H2,1-2H3. The molecule has 1 saturated carbocycles. The molecule has 0 amide bonds. The highest BCUT2D eigenvalue weighted by atomic mass is 79.9. The first-order valence-electron chi connectivity index (χ1n) is 7.42. The van der Waals surface area contributed by atoms with Crippen molar-refractivity contribution in [2.24, 2.45) is 0 Å². The van der Waals surface area contributed by atoms with Crippen LogP contribution in [0, 0.1) is 0 Å². The van der Waals surface area contributed by atoms with Gasteiger partial charge in [0, 0.05) is 36.0 Å². The fourth-order valence-corrected chi connectivity index (χ4v) is 3.51. The van der Waals surface area contributed by atoms with E-state index in [0.717, 1.165) is 0 Å². The van der Waals surface area contributed by atoms with Crippen molar-refractivity contribution in [3.8, 4) is 0 Å². The van der Waals surface area contributed by atoms with E-state index < -0.39 is 0 Å². The van der Waals surface area contributed by atoms with Crippen LogP contribution in [0.3, 0.4) is 0 Å². The summed E-state index contributed by atoms with van der Waals surface area (Å²) in [7, 11) is 4.15. The molecule has 0 bridgehead atoms. The zero-order valence-corrected chi connectivity index (χ0v) is 14.1. The highest BCUT2D eigenvalue weighted by Gasteiger charge is 2.31. The Morgan fingerprint density at radius 1 is 1.05 bits per heavy atom. The van der Waals surface area contributed by atoms with Crippen LogP contribution < -0.4 is 10.2 Å².